The van der Waals surface area contributed by atoms with Crippen molar-refractivity contribution in [2.45, 2.75) is 204 Å². The number of anilines is 5. The van der Waals surface area contributed by atoms with Gasteiger partial charge in [0, 0.05) is 60.9 Å². The van der Waals surface area contributed by atoms with Crippen molar-refractivity contribution in [1.29, 1.82) is 0 Å². The van der Waals surface area contributed by atoms with E-state index in [1.54, 1.807) is 9.80 Å². The average Bonchev–Trinajstić information content (AvgIpc) is 0.964. The van der Waals surface area contributed by atoms with Crippen molar-refractivity contribution < 1.29 is 42.7 Å². The van der Waals surface area contributed by atoms with E-state index in [1.165, 1.54) is 0 Å². The third-order valence-electron chi connectivity index (χ3n) is 14.4. The Kier molecular flexibility index (Phi) is 22.3. The van der Waals surface area contributed by atoms with Crippen LogP contribution in [-0.2, 0) is 18.9 Å². The second-order valence-corrected chi connectivity index (χ2v) is 27.0. The van der Waals surface area contributed by atoms with Crippen LogP contribution in [0.4, 0.5) is 53.3 Å². The smallest absolute Gasteiger partial charge is 0.414 e. The fourth-order valence-corrected chi connectivity index (χ4v) is 10.4. The Bertz CT molecular complexity index is 3550. The van der Waals surface area contributed by atoms with Gasteiger partial charge in [0.25, 0.3) is 0 Å². The molecule has 7 rings (SSSR count). The van der Waals surface area contributed by atoms with Gasteiger partial charge in [0.05, 0.1) is 28.4 Å². The highest BCUT2D eigenvalue weighted by molar-refractivity contribution is 6.02. The molecular weight excluding hydrogens is 1100 g/mol. The molecule has 4 amide bonds. The van der Waals surface area contributed by atoms with Crippen LogP contribution >= 0.6 is 0 Å². The summed E-state index contributed by atoms with van der Waals surface area (Å²) in [7, 11) is 0. The zero-order chi connectivity index (χ0) is 64.1. The van der Waals surface area contributed by atoms with Crippen molar-refractivity contribution >= 4 is 86.3 Å². The number of amides is 4. The highest BCUT2D eigenvalue weighted by Gasteiger charge is 2.30. The highest BCUT2D eigenvalue weighted by Crippen LogP contribution is 2.38. The Hall–Kier alpha value is -8.27. The number of hydrogen-bond donors (Lipinski definition) is 3. The molecule has 1 heterocycles. The van der Waals surface area contributed by atoms with Crippen LogP contribution in [0.25, 0.3) is 27.8 Å². The number of rotatable bonds is 21. The van der Waals surface area contributed by atoms with Crippen molar-refractivity contribution in [3.8, 4) is 5.69 Å². The van der Waals surface area contributed by atoms with Gasteiger partial charge in [0.1, 0.15) is 33.4 Å². The maximum Gasteiger partial charge on any atom is 0.414 e. The lowest BCUT2D eigenvalue weighted by Crippen LogP contribution is -2.38. The van der Waals surface area contributed by atoms with Crippen LogP contribution in [0.5, 0.6) is 0 Å². The fraction of sp³-hybridized carbons (Fsp3) is 0.458. The quantitative estimate of drug-likeness (QED) is 0.0272. The van der Waals surface area contributed by atoms with E-state index >= 15 is 0 Å². The third kappa shape index (κ3) is 19.9. The first-order chi connectivity index (χ1) is 41.4. The van der Waals surface area contributed by atoms with Gasteiger partial charge in [-0.1, -0.05) is 93.8 Å². The van der Waals surface area contributed by atoms with Gasteiger partial charge in [0.15, 0.2) is 0 Å². The van der Waals surface area contributed by atoms with Crippen molar-refractivity contribution in [2.24, 2.45) is 4.99 Å². The minimum Gasteiger partial charge on any atom is -0.444 e. The average molecular weight is 1200 g/mol. The van der Waals surface area contributed by atoms with E-state index in [0.29, 0.717) is 30.9 Å². The number of allylic oxidation sites excluding steroid dienone is 3. The molecule has 1 aliphatic carbocycles. The summed E-state index contributed by atoms with van der Waals surface area (Å²) in [5.74, 6) is 0. The number of aliphatic imine (C=N–C) groups is 1. The second kappa shape index (κ2) is 29.2. The number of nitrogens with one attached hydrogen (secondary N) is 3. The molecule has 0 radical (unpaired) electrons. The minimum absolute atomic E-state index is 0.397. The second-order valence-electron chi connectivity index (χ2n) is 27.0. The van der Waals surface area contributed by atoms with E-state index in [9.17, 15) is 19.2 Å². The Labute approximate surface area is 522 Å². The fourth-order valence-electron chi connectivity index (χ4n) is 10.4. The first kappa shape index (κ1) is 67.2. The van der Waals surface area contributed by atoms with Crippen LogP contribution in [0.1, 0.15) is 177 Å². The summed E-state index contributed by atoms with van der Waals surface area (Å²) in [6.07, 6.45) is 12.6. The molecule has 1 aromatic heterocycles. The predicted octanol–water partition coefficient (Wildman–Crippen LogP) is 18.6. The van der Waals surface area contributed by atoms with Gasteiger partial charge in [-0.3, -0.25) is 25.4 Å². The monoisotopic (exact) mass is 1200 g/mol. The van der Waals surface area contributed by atoms with Gasteiger partial charge in [-0.15, -0.1) is 4.57 Å². The molecule has 16 nitrogen and oxygen atoms in total. The Morgan fingerprint density at radius 2 is 0.977 bits per heavy atom. The highest BCUT2D eigenvalue weighted by atomic mass is 16.6. The summed E-state index contributed by atoms with van der Waals surface area (Å²) in [4.78, 5) is 67.8. The first-order valence-corrected chi connectivity index (χ1v) is 31.2. The minimum atomic E-state index is -0.704. The van der Waals surface area contributed by atoms with Crippen molar-refractivity contribution in [1.82, 2.24) is 10.3 Å². The number of alkyl carbamates (subject to hydrolysis) is 1. The van der Waals surface area contributed by atoms with Gasteiger partial charge in [0.2, 0.25) is 16.7 Å². The summed E-state index contributed by atoms with van der Waals surface area (Å²) in [6.45, 7) is 31.2. The van der Waals surface area contributed by atoms with Gasteiger partial charge < -0.3 is 24.3 Å². The van der Waals surface area contributed by atoms with Crippen LogP contribution < -0.4 is 30.3 Å². The van der Waals surface area contributed by atoms with Gasteiger partial charge in [-0.2, -0.15) is 0 Å². The maximum absolute atomic E-state index is 14.2. The van der Waals surface area contributed by atoms with Gasteiger partial charge >= 0.3 is 24.4 Å². The van der Waals surface area contributed by atoms with Crippen LogP contribution in [0, 0.1) is 20.8 Å². The SMILES string of the molecule is CC1=CC(=Nc2cc(C)c(N(CCCCCCCCCCCCN(C(=O)OC(C)(C)C)c3cc4c(cc3C)nc3cc(C)c(NC(=O)OC(C)(C)C)cc3[n+]4-c3ccccc3)C(=O)OC(C)(C)C)cc2Nc2ccccc2)CC=C1NC(=O)OC(C)(C)C. The molecule has 88 heavy (non-hydrogen) atoms. The lowest BCUT2D eigenvalue weighted by Gasteiger charge is -2.29. The summed E-state index contributed by atoms with van der Waals surface area (Å²) in [6, 6.07) is 31.9. The number of benzene rings is 5. The Morgan fingerprint density at radius 3 is 1.49 bits per heavy atom. The lowest BCUT2D eigenvalue weighted by molar-refractivity contribution is -0.538. The first-order valence-electron chi connectivity index (χ1n) is 31.2. The molecule has 0 bridgehead atoms. The molecule has 16 heteroatoms. The van der Waals surface area contributed by atoms with E-state index in [2.05, 4.69) is 20.5 Å². The third-order valence-corrected chi connectivity index (χ3v) is 14.4. The number of fused-ring (bicyclic) bond motifs is 2. The maximum atomic E-state index is 14.2. The predicted molar refractivity (Wildman–Crippen MR) is 357 cm³/mol. The van der Waals surface area contributed by atoms with E-state index in [0.717, 1.165) is 148 Å². The Morgan fingerprint density at radius 1 is 0.523 bits per heavy atom. The molecule has 3 N–H and O–H groups in total. The zero-order valence-electron chi connectivity index (χ0n) is 55.1. The molecule has 0 fully saturated rings. The largest absolute Gasteiger partial charge is 0.444 e. The molecule has 0 saturated carbocycles. The molecular formula is C72H95N8O8+. The topological polar surface area (TPSA) is 177 Å². The molecule has 0 spiro atoms. The normalized spacial score (nSPS) is 13.4. The molecule has 0 aliphatic heterocycles. The number of unbranched alkanes of at least 4 members (excludes halogenated alkanes) is 9. The van der Waals surface area contributed by atoms with Crippen LogP contribution in [0.15, 0.2) is 125 Å². The number of aryl methyl sites for hydroxylation is 3. The van der Waals surface area contributed by atoms with Gasteiger partial charge in [-0.25, -0.2) is 24.2 Å². The number of ether oxygens (including phenoxy) is 4. The number of carbonyl (C=O) groups excluding carboxylic acids is 4. The van der Waals surface area contributed by atoms with E-state index in [4.69, 9.17) is 28.9 Å². The van der Waals surface area contributed by atoms with E-state index in [1.807, 2.05) is 220 Å². The summed E-state index contributed by atoms with van der Waals surface area (Å²) >= 11 is 0. The lowest BCUT2D eigenvalue weighted by atomic mass is 10.0. The molecule has 5 aromatic carbocycles. The number of nitrogens with zero attached hydrogens (tertiary/aromatic N) is 5. The number of aromatic nitrogens is 2. The number of carbonyl (C=O) groups is 4. The summed E-state index contributed by atoms with van der Waals surface area (Å²) < 4.78 is 25.3. The Balaban J connectivity index is 0.980. The van der Waals surface area contributed by atoms with Gasteiger partial charge in [-0.05, 0) is 188 Å². The van der Waals surface area contributed by atoms with E-state index in [-0.39, 0.29) is 0 Å². The van der Waals surface area contributed by atoms with Crippen molar-refractivity contribution in [3.05, 3.63) is 137 Å². The molecule has 6 aromatic rings. The van der Waals surface area contributed by atoms with E-state index < -0.39 is 46.8 Å². The van der Waals surface area contributed by atoms with Crippen molar-refractivity contribution in [2.75, 3.05) is 33.5 Å². The molecule has 470 valence electrons. The number of para-hydroxylation sites is 2. The standard InChI is InChI=1S/C72H94N8O8/c1-48-41-53(37-38-55(48)76-65(81)85-69(5,6)7)74-57-43-50(3)61(46-58(57)73-52-33-27-25-28-34-52)78(67(83)87-71(11,12)13)39-31-23-21-19-17-18-20-22-24-32-40-79(68(84)88-72(14,15)16)62-47-64-60(44-51(62)4)75-59-42-49(2)56(77-66(82)86-70(8,9)10)45-63(59)80(64)54-35-29-26-30-36-54/h25-30,33-36,38,41-47,73H,17-24,31-32,37,39-40H2,1-16H3,(H,76,81)/p+1. The summed E-state index contributed by atoms with van der Waals surface area (Å²) in [5.41, 5.74) is 10.8. The summed E-state index contributed by atoms with van der Waals surface area (Å²) in [5, 5.41) is 9.41. The van der Waals surface area contributed by atoms with Crippen LogP contribution in [0.3, 0.4) is 0 Å². The number of hydrogen-bond acceptors (Lipinski definition) is 11. The van der Waals surface area contributed by atoms with Crippen molar-refractivity contribution in [3.63, 3.8) is 0 Å². The molecule has 0 unspecified atom stereocenters. The molecule has 0 atom stereocenters. The zero-order valence-corrected chi connectivity index (χ0v) is 55.1. The van der Waals surface area contributed by atoms with Crippen LogP contribution in [-0.4, -0.2) is 70.6 Å². The molecule has 1 aliphatic rings. The molecule has 0 saturated heterocycles. The van der Waals surface area contributed by atoms with Crippen LogP contribution in [0.2, 0.25) is 0 Å².